The van der Waals surface area contributed by atoms with Crippen LogP contribution in [0.3, 0.4) is 0 Å². The first-order chi connectivity index (χ1) is 8.75. The normalized spacial score (nSPS) is 16.9. The van der Waals surface area contributed by atoms with Crippen LogP contribution in [-0.4, -0.2) is 25.2 Å². The smallest absolute Gasteiger partial charge is 0.271 e. The number of carbonyl (C=O) groups is 1. The van der Waals surface area contributed by atoms with Gasteiger partial charge in [-0.3, -0.25) is 4.79 Å². The van der Waals surface area contributed by atoms with E-state index >= 15 is 0 Å². The Labute approximate surface area is 115 Å². The number of hydrazone groups is 1. The number of nitrogens with one attached hydrogen (secondary N) is 2. The molecule has 2 rings (SSSR count). The molecule has 1 fully saturated rings. The second kappa shape index (κ2) is 6.66. The van der Waals surface area contributed by atoms with Gasteiger partial charge in [0.05, 0.1) is 0 Å². The van der Waals surface area contributed by atoms with Crippen LogP contribution >= 0.6 is 15.9 Å². The van der Waals surface area contributed by atoms with Crippen molar-refractivity contribution in [3.8, 4) is 0 Å². The van der Waals surface area contributed by atoms with Crippen LogP contribution in [0, 0.1) is 5.92 Å². The lowest BCUT2D eigenvalue weighted by molar-refractivity contribution is 0.0955. The average molecular weight is 310 g/mol. The zero-order chi connectivity index (χ0) is 12.8. The predicted molar refractivity (Wildman–Crippen MR) is 75.7 cm³/mol. The molecule has 1 aromatic rings. The topological polar surface area (TPSA) is 53.5 Å². The van der Waals surface area contributed by atoms with Crippen LogP contribution in [0.4, 0.5) is 0 Å². The molecule has 1 aromatic carbocycles. The maximum Gasteiger partial charge on any atom is 0.271 e. The second-order valence-electron chi connectivity index (χ2n) is 4.32. The molecule has 96 valence electrons. The SMILES string of the molecule is O=C(NN=CC1CCNCC1)c1cccc(Br)c1. The molecule has 0 unspecified atom stereocenters. The number of carbonyl (C=O) groups excluding carboxylic acids is 1. The molecule has 1 heterocycles. The maximum absolute atomic E-state index is 11.8. The van der Waals surface area contributed by atoms with Gasteiger partial charge in [-0.15, -0.1) is 0 Å². The van der Waals surface area contributed by atoms with Crippen molar-refractivity contribution in [2.75, 3.05) is 13.1 Å². The Morgan fingerprint density at radius 3 is 2.94 bits per heavy atom. The number of amides is 1. The van der Waals surface area contributed by atoms with Gasteiger partial charge in [0, 0.05) is 16.3 Å². The highest BCUT2D eigenvalue weighted by atomic mass is 79.9. The maximum atomic E-state index is 11.8. The molecule has 1 saturated heterocycles. The van der Waals surface area contributed by atoms with Gasteiger partial charge in [0.2, 0.25) is 0 Å². The van der Waals surface area contributed by atoms with Crippen molar-refractivity contribution >= 4 is 28.1 Å². The van der Waals surface area contributed by atoms with E-state index in [0.29, 0.717) is 11.5 Å². The Kier molecular flexibility index (Phi) is 4.90. The Balaban J connectivity index is 1.86. The number of hydrogen-bond acceptors (Lipinski definition) is 3. The molecule has 1 aliphatic heterocycles. The van der Waals surface area contributed by atoms with Crippen LogP contribution in [0.15, 0.2) is 33.8 Å². The Morgan fingerprint density at radius 1 is 1.44 bits per heavy atom. The number of piperidine rings is 1. The summed E-state index contributed by atoms with van der Waals surface area (Å²) in [4.78, 5) is 11.8. The highest BCUT2D eigenvalue weighted by Gasteiger charge is 2.10. The van der Waals surface area contributed by atoms with Crippen LogP contribution in [-0.2, 0) is 0 Å². The first-order valence-corrected chi connectivity index (χ1v) is 6.85. The monoisotopic (exact) mass is 309 g/mol. The molecule has 0 saturated carbocycles. The van der Waals surface area contributed by atoms with E-state index in [9.17, 15) is 4.79 Å². The molecule has 0 spiro atoms. The third-order valence-corrected chi connectivity index (χ3v) is 3.42. The molecule has 0 atom stereocenters. The summed E-state index contributed by atoms with van der Waals surface area (Å²) in [7, 11) is 0. The van der Waals surface area contributed by atoms with Crippen molar-refractivity contribution in [2.24, 2.45) is 11.0 Å². The third kappa shape index (κ3) is 3.92. The highest BCUT2D eigenvalue weighted by Crippen LogP contribution is 2.11. The van der Waals surface area contributed by atoms with E-state index in [2.05, 4.69) is 31.8 Å². The molecular weight excluding hydrogens is 294 g/mol. The fourth-order valence-electron chi connectivity index (χ4n) is 1.89. The molecule has 18 heavy (non-hydrogen) atoms. The molecule has 1 amide bonds. The Bertz CT molecular complexity index is 442. The Morgan fingerprint density at radius 2 is 2.22 bits per heavy atom. The van der Waals surface area contributed by atoms with Crippen molar-refractivity contribution < 1.29 is 4.79 Å². The minimum Gasteiger partial charge on any atom is -0.317 e. The van der Waals surface area contributed by atoms with E-state index in [4.69, 9.17) is 0 Å². The molecular formula is C13H16BrN3O. The van der Waals surface area contributed by atoms with Crippen molar-refractivity contribution in [1.82, 2.24) is 10.7 Å². The van der Waals surface area contributed by atoms with Crippen LogP contribution in [0.5, 0.6) is 0 Å². The lowest BCUT2D eigenvalue weighted by atomic mass is 10.00. The summed E-state index contributed by atoms with van der Waals surface area (Å²) < 4.78 is 0.887. The first-order valence-electron chi connectivity index (χ1n) is 6.05. The van der Waals surface area contributed by atoms with Gasteiger partial charge in [-0.25, -0.2) is 5.43 Å². The van der Waals surface area contributed by atoms with Gasteiger partial charge in [0.1, 0.15) is 0 Å². The second-order valence-corrected chi connectivity index (χ2v) is 5.23. The molecule has 0 aliphatic carbocycles. The van der Waals surface area contributed by atoms with Gasteiger partial charge in [0.15, 0.2) is 0 Å². The molecule has 0 radical (unpaired) electrons. The average Bonchev–Trinajstić information content (AvgIpc) is 2.40. The summed E-state index contributed by atoms with van der Waals surface area (Å²) in [5.74, 6) is 0.288. The van der Waals surface area contributed by atoms with Crippen LogP contribution in [0.25, 0.3) is 0 Å². The standard InChI is InChI=1S/C13H16BrN3O/c14-12-3-1-2-11(8-12)13(18)17-16-9-10-4-6-15-7-5-10/h1-3,8-10,15H,4-7H2,(H,17,18). The molecule has 2 N–H and O–H groups in total. The van der Waals surface area contributed by atoms with Gasteiger partial charge in [-0.1, -0.05) is 22.0 Å². The van der Waals surface area contributed by atoms with Gasteiger partial charge in [-0.05, 0) is 50.0 Å². The van der Waals surface area contributed by atoms with Crippen LogP contribution < -0.4 is 10.7 Å². The van der Waals surface area contributed by atoms with Crippen LogP contribution in [0.1, 0.15) is 23.2 Å². The van der Waals surface area contributed by atoms with E-state index in [1.807, 2.05) is 18.3 Å². The molecule has 4 nitrogen and oxygen atoms in total. The number of benzene rings is 1. The van der Waals surface area contributed by atoms with E-state index in [-0.39, 0.29) is 5.91 Å². The third-order valence-electron chi connectivity index (χ3n) is 2.92. The number of nitrogens with zero attached hydrogens (tertiary/aromatic N) is 1. The summed E-state index contributed by atoms with van der Waals surface area (Å²) in [6.45, 7) is 2.05. The van der Waals surface area contributed by atoms with Gasteiger partial charge in [-0.2, -0.15) is 5.10 Å². The van der Waals surface area contributed by atoms with Crippen molar-refractivity contribution in [3.63, 3.8) is 0 Å². The summed E-state index contributed by atoms with van der Waals surface area (Å²) in [5.41, 5.74) is 3.17. The van der Waals surface area contributed by atoms with Gasteiger partial charge in [0.25, 0.3) is 5.91 Å². The van der Waals surface area contributed by atoms with E-state index in [0.717, 1.165) is 30.4 Å². The zero-order valence-corrected chi connectivity index (χ0v) is 11.6. The van der Waals surface area contributed by atoms with E-state index in [1.54, 1.807) is 12.1 Å². The summed E-state index contributed by atoms with van der Waals surface area (Å²) in [6.07, 6.45) is 4.00. The number of rotatable bonds is 3. The lowest BCUT2D eigenvalue weighted by Gasteiger charge is -2.18. The van der Waals surface area contributed by atoms with Crippen molar-refractivity contribution in [1.29, 1.82) is 0 Å². The molecule has 0 bridgehead atoms. The molecule has 1 aliphatic rings. The van der Waals surface area contributed by atoms with E-state index in [1.165, 1.54) is 0 Å². The van der Waals surface area contributed by atoms with Crippen molar-refractivity contribution in [2.45, 2.75) is 12.8 Å². The molecule has 0 aromatic heterocycles. The largest absolute Gasteiger partial charge is 0.317 e. The summed E-state index contributed by atoms with van der Waals surface area (Å²) >= 11 is 3.34. The van der Waals surface area contributed by atoms with Crippen molar-refractivity contribution in [3.05, 3.63) is 34.3 Å². The predicted octanol–water partition coefficient (Wildman–Crippen LogP) is 2.16. The summed E-state index contributed by atoms with van der Waals surface area (Å²) in [6, 6.07) is 7.25. The minimum atomic E-state index is -0.179. The zero-order valence-electron chi connectivity index (χ0n) is 10.0. The summed E-state index contributed by atoms with van der Waals surface area (Å²) in [5, 5.41) is 7.33. The van der Waals surface area contributed by atoms with Gasteiger partial charge >= 0.3 is 0 Å². The fourth-order valence-corrected chi connectivity index (χ4v) is 2.29. The van der Waals surface area contributed by atoms with Gasteiger partial charge < -0.3 is 5.32 Å². The molecule has 5 heteroatoms. The fraction of sp³-hybridized carbons (Fsp3) is 0.385. The minimum absolute atomic E-state index is 0.179. The quantitative estimate of drug-likeness (QED) is 0.664. The van der Waals surface area contributed by atoms with E-state index < -0.39 is 0 Å². The van der Waals surface area contributed by atoms with Crippen LogP contribution in [0.2, 0.25) is 0 Å². The number of hydrogen-bond donors (Lipinski definition) is 2. The lowest BCUT2D eigenvalue weighted by Crippen LogP contribution is -2.29. The number of halogens is 1. The Hall–Kier alpha value is -1.20. The highest BCUT2D eigenvalue weighted by molar-refractivity contribution is 9.10. The first kappa shape index (κ1) is 13.2.